The second-order valence-electron chi connectivity index (χ2n) is 4.02. The molecule has 0 aromatic heterocycles. The average Bonchev–Trinajstić information content (AvgIpc) is 2.36. The lowest BCUT2D eigenvalue weighted by Crippen LogP contribution is -2.13. The molecule has 1 unspecified atom stereocenters. The fourth-order valence-corrected chi connectivity index (χ4v) is 2.26. The first kappa shape index (κ1) is 11.1. The van der Waals surface area contributed by atoms with Gasteiger partial charge in [-0.2, -0.15) is 0 Å². The Morgan fingerprint density at radius 3 is 2.88 bits per heavy atom. The molecule has 0 heterocycles. The van der Waals surface area contributed by atoms with Gasteiger partial charge in [-0.25, -0.2) is 4.79 Å². The SMILES string of the molecule is COC(=O)c1ccc2c(c1)CCCC2OC. The van der Waals surface area contributed by atoms with Crippen molar-refractivity contribution in [3.05, 3.63) is 34.9 Å². The number of hydrogen-bond donors (Lipinski definition) is 0. The van der Waals surface area contributed by atoms with Crippen molar-refractivity contribution in [2.75, 3.05) is 14.2 Å². The second-order valence-corrected chi connectivity index (χ2v) is 4.02. The zero-order chi connectivity index (χ0) is 11.5. The monoisotopic (exact) mass is 220 g/mol. The van der Waals surface area contributed by atoms with Crippen LogP contribution in [0.2, 0.25) is 0 Å². The van der Waals surface area contributed by atoms with E-state index in [0.717, 1.165) is 19.3 Å². The summed E-state index contributed by atoms with van der Waals surface area (Å²) in [6, 6.07) is 5.71. The van der Waals surface area contributed by atoms with Crippen LogP contribution < -0.4 is 0 Å². The van der Waals surface area contributed by atoms with Crippen molar-refractivity contribution in [2.24, 2.45) is 0 Å². The quantitative estimate of drug-likeness (QED) is 0.718. The summed E-state index contributed by atoms with van der Waals surface area (Å²) in [5.41, 5.74) is 3.04. The molecule has 1 atom stereocenters. The smallest absolute Gasteiger partial charge is 0.337 e. The van der Waals surface area contributed by atoms with E-state index in [0.29, 0.717) is 5.56 Å². The van der Waals surface area contributed by atoms with Gasteiger partial charge in [-0.3, -0.25) is 0 Å². The molecular formula is C13H16O3. The van der Waals surface area contributed by atoms with Crippen molar-refractivity contribution in [1.29, 1.82) is 0 Å². The number of methoxy groups -OCH3 is 2. The van der Waals surface area contributed by atoms with Gasteiger partial charge in [0.2, 0.25) is 0 Å². The summed E-state index contributed by atoms with van der Waals surface area (Å²) in [7, 11) is 3.13. The highest BCUT2D eigenvalue weighted by Gasteiger charge is 2.20. The van der Waals surface area contributed by atoms with Crippen molar-refractivity contribution >= 4 is 5.97 Å². The van der Waals surface area contributed by atoms with E-state index in [-0.39, 0.29) is 12.1 Å². The normalized spacial score (nSPS) is 19.0. The third-order valence-corrected chi connectivity index (χ3v) is 3.11. The van der Waals surface area contributed by atoms with Gasteiger partial charge in [0.25, 0.3) is 0 Å². The van der Waals surface area contributed by atoms with Crippen LogP contribution >= 0.6 is 0 Å². The van der Waals surface area contributed by atoms with E-state index >= 15 is 0 Å². The van der Waals surface area contributed by atoms with Gasteiger partial charge >= 0.3 is 5.97 Å². The van der Waals surface area contributed by atoms with Crippen LogP contribution in [-0.4, -0.2) is 20.2 Å². The van der Waals surface area contributed by atoms with Crippen molar-refractivity contribution in [2.45, 2.75) is 25.4 Å². The third-order valence-electron chi connectivity index (χ3n) is 3.11. The Bertz CT molecular complexity index is 398. The molecule has 1 aliphatic carbocycles. The molecule has 3 nitrogen and oxygen atoms in total. The summed E-state index contributed by atoms with van der Waals surface area (Å²) in [4.78, 5) is 11.4. The summed E-state index contributed by atoms with van der Waals surface area (Å²) in [5.74, 6) is -0.276. The van der Waals surface area contributed by atoms with E-state index in [4.69, 9.17) is 9.47 Å². The maximum atomic E-state index is 11.4. The van der Waals surface area contributed by atoms with Crippen molar-refractivity contribution < 1.29 is 14.3 Å². The van der Waals surface area contributed by atoms with E-state index in [1.54, 1.807) is 7.11 Å². The molecule has 1 aliphatic rings. The number of carbonyl (C=O) groups excluding carboxylic acids is 1. The molecule has 0 amide bonds. The molecule has 0 radical (unpaired) electrons. The Kier molecular flexibility index (Phi) is 3.25. The summed E-state index contributed by atoms with van der Waals surface area (Å²) in [6.45, 7) is 0. The van der Waals surface area contributed by atoms with Crippen molar-refractivity contribution in [3.63, 3.8) is 0 Å². The molecule has 0 saturated carbocycles. The third kappa shape index (κ3) is 1.95. The number of fused-ring (bicyclic) bond motifs is 1. The first-order valence-corrected chi connectivity index (χ1v) is 5.50. The van der Waals surface area contributed by atoms with Crippen LogP contribution in [0.3, 0.4) is 0 Å². The van der Waals surface area contributed by atoms with Crippen LogP contribution in [-0.2, 0) is 15.9 Å². The lowest BCUT2D eigenvalue weighted by atomic mass is 9.88. The highest BCUT2D eigenvalue weighted by Crippen LogP contribution is 2.32. The number of esters is 1. The Morgan fingerprint density at radius 2 is 2.19 bits per heavy atom. The molecule has 0 spiro atoms. The average molecular weight is 220 g/mol. The van der Waals surface area contributed by atoms with E-state index in [2.05, 4.69) is 0 Å². The zero-order valence-corrected chi connectivity index (χ0v) is 9.66. The van der Waals surface area contributed by atoms with Crippen molar-refractivity contribution in [1.82, 2.24) is 0 Å². The molecule has 16 heavy (non-hydrogen) atoms. The van der Waals surface area contributed by atoms with E-state index in [1.165, 1.54) is 18.2 Å². The number of benzene rings is 1. The van der Waals surface area contributed by atoms with Gasteiger partial charge in [-0.05, 0) is 42.5 Å². The van der Waals surface area contributed by atoms with Crippen molar-refractivity contribution in [3.8, 4) is 0 Å². The van der Waals surface area contributed by atoms with Gasteiger partial charge < -0.3 is 9.47 Å². The van der Waals surface area contributed by atoms with Crippen LogP contribution in [0.4, 0.5) is 0 Å². The zero-order valence-electron chi connectivity index (χ0n) is 9.66. The molecule has 0 saturated heterocycles. The Balaban J connectivity index is 2.35. The van der Waals surface area contributed by atoms with Gasteiger partial charge in [0.1, 0.15) is 0 Å². The maximum Gasteiger partial charge on any atom is 0.337 e. The van der Waals surface area contributed by atoms with Crippen LogP contribution in [0.15, 0.2) is 18.2 Å². The molecule has 2 rings (SSSR count). The first-order chi connectivity index (χ1) is 7.76. The van der Waals surface area contributed by atoms with Crippen LogP contribution in [0.1, 0.15) is 40.4 Å². The van der Waals surface area contributed by atoms with E-state index < -0.39 is 0 Å². The predicted molar refractivity (Wildman–Crippen MR) is 60.5 cm³/mol. The van der Waals surface area contributed by atoms with Crippen LogP contribution in [0.5, 0.6) is 0 Å². The largest absolute Gasteiger partial charge is 0.465 e. The molecule has 1 aromatic carbocycles. The minimum Gasteiger partial charge on any atom is -0.465 e. The molecule has 3 heteroatoms. The Labute approximate surface area is 95.4 Å². The lowest BCUT2D eigenvalue weighted by Gasteiger charge is -2.24. The van der Waals surface area contributed by atoms with Gasteiger partial charge in [0.05, 0.1) is 18.8 Å². The first-order valence-electron chi connectivity index (χ1n) is 5.50. The number of rotatable bonds is 2. The molecular weight excluding hydrogens is 204 g/mol. The minimum absolute atomic E-state index is 0.176. The number of hydrogen-bond acceptors (Lipinski definition) is 3. The van der Waals surface area contributed by atoms with Crippen LogP contribution in [0, 0.1) is 0 Å². The number of aryl methyl sites for hydroxylation is 1. The molecule has 0 bridgehead atoms. The second kappa shape index (κ2) is 4.66. The fourth-order valence-electron chi connectivity index (χ4n) is 2.26. The molecule has 0 fully saturated rings. The lowest BCUT2D eigenvalue weighted by molar-refractivity contribution is 0.0599. The minimum atomic E-state index is -0.276. The fraction of sp³-hybridized carbons (Fsp3) is 0.462. The Morgan fingerprint density at radius 1 is 1.38 bits per heavy atom. The van der Waals surface area contributed by atoms with E-state index in [9.17, 15) is 4.79 Å². The molecule has 0 N–H and O–H groups in total. The Hall–Kier alpha value is -1.35. The summed E-state index contributed by atoms with van der Waals surface area (Å²) in [6.07, 6.45) is 3.35. The summed E-state index contributed by atoms with van der Waals surface area (Å²) in [5, 5.41) is 0. The van der Waals surface area contributed by atoms with E-state index in [1.807, 2.05) is 18.2 Å². The van der Waals surface area contributed by atoms with Crippen LogP contribution in [0.25, 0.3) is 0 Å². The summed E-state index contributed by atoms with van der Waals surface area (Å²) >= 11 is 0. The maximum absolute atomic E-state index is 11.4. The standard InChI is InChI=1S/C13H16O3/c1-15-12-5-3-4-9-8-10(13(14)16-2)6-7-11(9)12/h6-8,12H,3-5H2,1-2H3. The summed E-state index contributed by atoms with van der Waals surface area (Å²) < 4.78 is 10.1. The highest BCUT2D eigenvalue weighted by molar-refractivity contribution is 5.89. The number of carbonyl (C=O) groups is 1. The van der Waals surface area contributed by atoms with Gasteiger partial charge in [0, 0.05) is 7.11 Å². The van der Waals surface area contributed by atoms with Gasteiger partial charge in [-0.15, -0.1) is 0 Å². The number of ether oxygens (including phenoxy) is 2. The van der Waals surface area contributed by atoms with Gasteiger partial charge in [-0.1, -0.05) is 6.07 Å². The van der Waals surface area contributed by atoms with Gasteiger partial charge in [0.15, 0.2) is 0 Å². The highest BCUT2D eigenvalue weighted by atomic mass is 16.5. The predicted octanol–water partition coefficient (Wildman–Crippen LogP) is 2.50. The molecule has 0 aliphatic heterocycles. The molecule has 1 aromatic rings. The topological polar surface area (TPSA) is 35.5 Å². The molecule has 86 valence electrons.